The summed E-state index contributed by atoms with van der Waals surface area (Å²) in [5.41, 5.74) is 1.38. The van der Waals surface area contributed by atoms with Crippen LogP contribution in [0, 0.1) is 0 Å². The molecule has 7 nitrogen and oxygen atoms in total. The molecule has 0 saturated carbocycles. The van der Waals surface area contributed by atoms with E-state index in [-0.39, 0.29) is 5.91 Å². The van der Waals surface area contributed by atoms with Crippen LogP contribution >= 0.6 is 11.6 Å². The van der Waals surface area contributed by atoms with Gasteiger partial charge in [0.1, 0.15) is 5.82 Å². The average molecular weight is 376 g/mol. The summed E-state index contributed by atoms with van der Waals surface area (Å²) < 4.78 is 9.98. The topological polar surface area (TPSA) is 80.8 Å². The summed E-state index contributed by atoms with van der Waals surface area (Å²) in [6.45, 7) is 2.21. The van der Waals surface area contributed by atoms with Crippen LogP contribution in [-0.4, -0.2) is 55.2 Å². The van der Waals surface area contributed by atoms with Gasteiger partial charge in [-0.15, -0.1) is 0 Å². The summed E-state index contributed by atoms with van der Waals surface area (Å²) in [5, 5.41) is 3.46. The third-order valence-electron chi connectivity index (χ3n) is 3.96. The average Bonchev–Trinajstić information content (AvgIpc) is 2.69. The number of anilines is 2. The third-order valence-corrected chi connectivity index (χ3v) is 4.28. The van der Waals surface area contributed by atoms with Crippen molar-refractivity contribution < 1.29 is 19.1 Å². The lowest BCUT2D eigenvalue weighted by atomic mass is 10.2. The van der Waals surface area contributed by atoms with Gasteiger partial charge < -0.3 is 19.7 Å². The highest BCUT2D eigenvalue weighted by Gasteiger charge is 2.19. The summed E-state index contributed by atoms with van der Waals surface area (Å²) in [6.07, 6.45) is 1.55. The predicted molar refractivity (Wildman–Crippen MR) is 97.0 cm³/mol. The fourth-order valence-corrected chi connectivity index (χ4v) is 2.75. The summed E-state index contributed by atoms with van der Waals surface area (Å²) in [6, 6.07) is 8.06. The molecule has 26 heavy (non-hydrogen) atoms. The van der Waals surface area contributed by atoms with Gasteiger partial charge >= 0.3 is 5.97 Å². The highest BCUT2D eigenvalue weighted by atomic mass is 35.5. The Balaban J connectivity index is 1.80. The van der Waals surface area contributed by atoms with E-state index in [0.29, 0.717) is 54.0 Å². The SMILES string of the molecule is COC(=O)c1ccc(Cl)c(Nc2cc(C(=O)N3CCOCC3)ccn2)c1. The van der Waals surface area contributed by atoms with Gasteiger partial charge in [-0.2, -0.15) is 0 Å². The number of nitrogens with zero attached hydrogens (tertiary/aromatic N) is 2. The van der Waals surface area contributed by atoms with Crippen molar-refractivity contribution in [2.75, 3.05) is 38.7 Å². The van der Waals surface area contributed by atoms with E-state index in [1.807, 2.05) is 0 Å². The van der Waals surface area contributed by atoms with E-state index in [2.05, 4.69) is 10.3 Å². The molecule has 8 heteroatoms. The summed E-state index contributed by atoms with van der Waals surface area (Å²) in [7, 11) is 1.31. The van der Waals surface area contributed by atoms with Crippen LogP contribution in [0.4, 0.5) is 11.5 Å². The van der Waals surface area contributed by atoms with E-state index in [9.17, 15) is 9.59 Å². The molecule has 1 amide bonds. The lowest BCUT2D eigenvalue weighted by molar-refractivity contribution is 0.0303. The zero-order valence-corrected chi connectivity index (χ0v) is 15.0. The van der Waals surface area contributed by atoms with E-state index in [4.69, 9.17) is 21.1 Å². The molecule has 1 aromatic heterocycles. The predicted octanol–water partition coefficient (Wildman–Crippen LogP) is 2.74. The molecule has 2 heterocycles. The van der Waals surface area contributed by atoms with Crippen molar-refractivity contribution in [3.05, 3.63) is 52.7 Å². The number of aromatic nitrogens is 1. The van der Waals surface area contributed by atoms with Crippen LogP contribution in [0.25, 0.3) is 0 Å². The molecule has 1 fully saturated rings. The summed E-state index contributed by atoms with van der Waals surface area (Å²) >= 11 is 6.19. The van der Waals surface area contributed by atoms with Crippen molar-refractivity contribution in [2.45, 2.75) is 0 Å². The zero-order chi connectivity index (χ0) is 18.5. The lowest BCUT2D eigenvalue weighted by Gasteiger charge is -2.26. The number of rotatable bonds is 4. The number of carbonyl (C=O) groups excluding carboxylic acids is 2. The number of methoxy groups -OCH3 is 1. The number of nitrogens with one attached hydrogen (secondary N) is 1. The second-order valence-electron chi connectivity index (χ2n) is 5.65. The Bertz CT molecular complexity index is 822. The maximum Gasteiger partial charge on any atom is 0.337 e. The van der Waals surface area contributed by atoms with Crippen LogP contribution in [0.1, 0.15) is 20.7 Å². The lowest BCUT2D eigenvalue weighted by Crippen LogP contribution is -2.40. The number of ether oxygens (including phenoxy) is 2. The minimum atomic E-state index is -0.464. The number of halogens is 1. The fraction of sp³-hybridized carbons (Fsp3) is 0.278. The molecule has 0 aliphatic carbocycles. The van der Waals surface area contributed by atoms with E-state index < -0.39 is 5.97 Å². The van der Waals surface area contributed by atoms with Gasteiger partial charge in [-0.1, -0.05) is 11.6 Å². The molecule has 0 atom stereocenters. The summed E-state index contributed by atoms with van der Waals surface area (Å²) in [5.74, 6) is -0.0879. The van der Waals surface area contributed by atoms with Crippen LogP contribution in [0.2, 0.25) is 5.02 Å². The maximum absolute atomic E-state index is 12.6. The van der Waals surface area contributed by atoms with Crippen molar-refractivity contribution in [2.24, 2.45) is 0 Å². The normalized spacial score (nSPS) is 14.0. The van der Waals surface area contributed by atoms with Crippen molar-refractivity contribution in [1.82, 2.24) is 9.88 Å². The molecule has 0 radical (unpaired) electrons. The zero-order valence-electron chi connectivity index (χ0n) is 14.2. The Morgan fingerprint density at radius 2 is 1.96 bits per heavy atom. The van der Waals surface area contributed by atoms with Gasteiger partial charge in [0.05, 0.1) is 36.6 Å². The highest BCUT2D eigenvalue weighted by molar-refractivity contribution is 6.33. The van der Waals surface area contributed by atoms with E-state index in [1.165, 1.54) is 7.11 Å². The number of hydrogen-bond acceptors (Lipinski definition) is 6. The molecule has 0 unspecified atom stereocenters. The Hall–Kier alpha value is -2.64. The first-order valence-electron chi connectivity index (χ1n) is 8.06. The molecule has 1 N–H and O–H groups in total. The van der Waals surface area contributed by atoms with Gasteiger partial charge in [-0.05, 0) is 30.3 Å². The standard InChI is InChI=1S/C18H18ClN3O4/c1-25-18(24)13-2-3-14(19)15(10-13)21-16-11-12(4-5-20-16)17(23)22-6-8-26-9-7-22/h2-5,10-11H,6-9H2,1H3,(H,20,21). The first kappa shape index (κ1) is 18.2. The molecule has 1 aliphatic rings. The molecular formula is C18H18ClN3O4. The fourth-order valence-electron chi connectivity index (χ4n) is 2.58. The molecule has 136 valence electrons. The smallest absolute Gasteiger partial charge is 0.337 e. The second-order valence-corrected chi connectivity index (χ2v) is 6.05. The van der Waals surface area contributed by atoms with Crippen molar-refractivity contribution in [3.63, 3.8) is 0 Å². The number of carbonyl (C=O) groups is 2. The first-order valence-corrected chi connectivity index (χ1v) is 8.44. The Morgan fingerprint density at radius 3 is 2.69 bits per heavy atom. The van der Waals surface area contributed by atoms with Gasteiger partial charge in [0.2, 0.25) is 0 Å². The van der Waals surface area contributed by atoms with Gasteiger partial charge in [0.15, 0.2) is 0 Å². The van der Waals surface area contributed by atoms with Crippen molar-refractivity contribution >= 4 is 35.0 Å². The molecule has 1 saturated heterocycles. The molecular weight excluding hydrogens is 358 g/mol. The number of morpholine rings is 1. The second kappa shape index (κ2) is 8.16. The van der Waals surface area contributed by atoms with E-state index in [1.54, 1.807) is 41.4 Å². The van der Waals surface area contributed by atoms with Gasteiger partial charge in [0.25, 0.3) is 5.91 Å². The molecule has 2 aromatic rings. The Kier molecular flexibility index (Phi) is 5.70. The monoisotopic (exact) mass is 375 g/mol. The number of esters is 1. The molecule has 0 bridgehead atoms. The summed E-state index contributed by atoms with van der Waals surface area (Å²) in [4.78, 5) is 30.2. The van der Waals surface area contributed by atoms with Gasteiger partial charge in [0, 0.05) is 24.8 Å². The minimum absolute atomic E-state index is 0.0758. The van der Waals surface area contributed by atoms with Gasteiger partial charge in [-0.25, -0.2) is 9.78 Å². The van der Waals surface area contributed by atoms with Crippen molar-refractivity contribution in [1.29, 1.82) is 0 Å². The van der Waals surface area contributed by atoms with Gasteiger partial charge in [-0.3, -0.25) is 4.79 Å². The highest BCUT2D eigenvalue weighted by Crippen LogP contribution is 2.26. The van der Waals surface area contributed by atoms with Crippen LogP contribution in [-0.2, 0) is 9.47 Å². The number of amides is 1. The first-order chi connectivity index (χ1) is 12.6. The molecule has 1 aliphatic heterocycles. The Morgan fingerprint density at radius 1 is 1.19 bits per heavy atom. The van der Waals surface area contributed by atoms with Crippen molar-refractivity contribution in [3.8, 4) is 0 Å². The third kappa shape index (κ3) is 4.12. The number of hydrogen-bond donors (Lipinski definition) is 1. The number of pyridine rings is 1. The molecule has 3 rings (SSSR count). The van der Waals surface area contributed by atoms with Crippen LogP contribution in [0.5, 0.6) is 0 Å². The molecule has 0 spiro atoms. The van der Waals surface area contributed by atoms with E-state index in [0.717, 1.165) is 0 Å². The number of benzene rings is 1. The van der Waals surface area contributed by atoms with E-state index >= 15 is 0 Å². The maximum atomic E-state index is 12.6. The van der Waals surface area contributed by atoms with Crippen LogP contribution < -0.4 is 5.32 Å². The van der Waals surface area contributed by atoms with Crippen LogP contribution in [0.15, 0.2) is 36.5 Å². The molecule has 1 aromatic carbocycles. The quantitative estimate of drug-likeness (QED) is 0.827. The van der Waals surface area contributed by atoms with Crippen LogP contribution in [0.3, 0.4) is 0 Å². The Labute approximate surface area is 155 Å². The largest absolute Gasteiger partial charge is 0.465 e. The minimum Gasteiger partial charge on any atom is -0.465 e.